The van der Waals surface area contributed by atoms with Gasteiger partial charge in [0.05, 0.1) is 0 Å². The Balaban J connectivity index is 1.36. The van der Waals surface area contributed by atoms with Gasteiger partial charge in [0.1, 0.15) is 6.10 Å². The number of halogens is 1. The van der Waals surface area contributed by atoms with Gasteiger partial charge in [-0.3, -0.25) is 9.59 Å². The Labute approximate surface area is 163 Å². The molecule has 0 radical (unpaired) electrons. The Bertz CT molecular complexity index is 760. The van der Waals surface area contributed by atoms with Crippen LogP contribution < -0.4 is 10.1 Å². The highest BCUT2D eigenvalue weighted by Crippen LogP contribution is 2.22. The molecule has 27 heavy (non-hydrogen) atoms. The molecule has 0 saturated heterocycles. The van der Waals surface area contributed by atoms with Gasteiger partial charge in [-0.2, -0.15) is 0 Å². The fraction of sp³-hybridized carbons (Fsp3) is 0.400. The molecule has 1 heterocycles. The van der Waals surface area contributed by atoms with Gasteiger partial charge in [-0.15, -0.1) is 0 Å². The Morgan fingerprint density at radius 2 is 1.70 bits per heavy atom. The lowest BCUT2D eigenvalue weighted by Gasteiger charge is -2.28. The van der Waals surface area contributed by atoms with Crippen LogP contribution in [0.4, 0.5) is 0 Å². The number of Topliss-reactive ketones (excluding diaryl/α,β-unsaturated/α-hetero) is 1. The van der Waals surface area contributed by atoms with E-state index in [2.05, 4.69) is 15.3 Å². The largest absolute Gasteiger partial charge is 0.460 e. The van der Waals surface area contributed by atoms with Crippen molar-refractivity contribution in [3.8, 4) is 6.01 Å². The molecule has 1 fully saturated rings. The fourth-order valence-electron chi connectivity index (χ4n) is 3.13. The number of amides is 1. The minimum Gasteiger partial charge on any atom is -0.460 e. The van der Waals surface area contributed by atoms with Crippen LogP contribution in [0.5, 0.6) is 6.01 Å². The van der Waals surface area contributed by atoms with Gasteiger partial charge >= 0.3 is 6.01 Å². The summed E-state index contributed by atoms with van der Waals surface area (Å²) in [4.78, 5) is 32.4. The molecular formula is C20H22ClN3O3. The molecule has 0 aliphatic heterocycles. The number of benzene rings is 1. The third-order valence-corrected chi connectivity index (χ3v) is 4.85. The number of ether oxygens (including phenoxy) is 1. The molecule has 0 bridgehead atoms. The van der Waals surface area contributed by atoms with Gasteiger partial charge in [-0.1, -0.05) is 11.6 Å². The summed E-state index contributed by atoms with van der Waals surface area (Å²) in [6.45, 7) is 0. The topological polar surface area (TPSA) is 81.2 Å². The third kappa shape index (κ3) is 6.03. The molecule has 1 aromatic heterocycles. The van der Waals surface area contributed by atoms with E-state index in [9.17, 15) is 9.59 Å². The first kappa shape index (κ1) is 19.3. The molecule has 0 atom stereocenters. The second-order valence-electron chi connectivity index (χ2n) is 6.62. The molecule has 1 aromatic carbocycles. The van der Waals surface area contributed by atoms with E-state index in [1.54, 1.807) is 42.7 Å². The van der Waals surface area contributed by atoms with Crippen LogP contribution in [-0.2, 0) is 4.79 Å². The van der Waals surface area contributed by atoms with Crippen LogP contribution in [-0.4, -0.2) is 33.8 Å². The number of nitrogens with one attached hydrogen (secondary N) is 1. The molecule has 2 aromatic rings. The smallest absolute Gasteiger partial charge is 0.316 e. The molecule has 0 spiro atoms. The average molecular weight is 388 g/mol. The maximum Gasteiger partial charge on any atom is 0.316 e. The lowest BCUT2D eigenvalue weighted by molar-refractivity contribution is -0.122. The van der Waals surface area contributed by atoms with Crippen molar-refractivity contribution in [1.29, 1.82) is 0 Å². The summed E-state index contributed by atoms with van der Waals surface area (Å²) < 4.78 is 5.76. The summed E-state index contributed by atoms with van der Waals surface area (Å²) in [5.74, 6) is -0.144. The molecule has 142 valence electrons. The normalized spacial score (nSPS) is 19.3. The Hall–Kier alpha value is -2.47. The van der Waals surface area contributed by atoms with E-state index >= 15 is 0 Å². The van der Waals surface area contributed by atoms with Crippen LogP contribution in [0.15, 0.2) is 42.7 Å². The Morgan fingerprint density at radius 1 is 1.04 bits per heavy atom. The van der Waals surface area contributed by atoms with E-state index < -0.39 is 0 Å². The average Bonchev–Trinajstić information content (AvgIpc) is 2.69. The summed E-state index contributed by atoms with van der Waals surface area (Å²) in [7, 11) is 0. The van der Waals surface area contributed by atoms with Gasteiger partial charge in [-0.25, -0.2) is 9.97 Å². The molecule has 3 rings (SSSR count). The SMILES string of the molecule is O=C(CCC(=O)c1ccc(Cl)cc1)NC1CCC(Oc2ncccn2)CC1. The molecule has 6 nitrogen and oxygen atoms in total. The summed E-state index contributed by atoms with van der Waals surface area (Å²) >= 11 is 5.82. The van der Waals surface area contributed by atoms with E-state index in [1.165, 1.54) is 0 Å². The van der Waals surface area contributed by atoms with Crippen LogP contribution in [0.1, 0.15) is 48.9 Å². The molecule has 1 aliphatic rings. The van der Waals surface area contributed by atoms with Crippen molar-refractivity contribution in [2.75, 3.05) is 0 Å². The van der Waals surface area contributed by atoms with Gasteiger partial charge in [0.15, 0.2) is 5.78 Å². The van der Waals surface area contributed by atoms with Crippen LogP contribution in [0, 0.1) is 0 Å². The summed E-state index contributed by atoms with van der Waals surface area (Å²) in [6, 6.07) is 8.98. The molecule has 1 N–H and O–H groups in total. The number of hydrogen-bond acceptors (Lipinski definition) is 5. The number of nitrogens with zero attached hydrogens (tertiary/aromatic N) is 2. The second-order valence-corrected chi connectivity index (χ2v) is 7.06. The van der Waals surface area contributed by atoms with Crippen molar-refractivity contribution in [3.63, 3.8) is 0 Å². The van der Waals surface area contributed by atoms with Crippen molar-refractivity contribution < 1.29 is 14.3 Å². The minimum atomic E-state index is -0.0897. The maximum atomic E-state index is 12.1. The maximum absolute atomic E-state index is 12.1. The molecular weight excluding hydrogens is 366 g/mol. The van der Waals surface area contributed by atoms with Crippen molar-refractivity contribution in [2.45, 2.75) is 50.7 Å². The lowest BCUT2D eigenvalue weighted by atomic mass is 9.93. The number of carbonyl (C=O) groups excluding carboxylic acids is 2. The van der Waals surface area contributed by atoms with Gasteiger partial charge in [-0.05, 0) is 56.0 Å². The second kappa shape index (κ2) is 9.46. The predicted octanol–water partition coefficient (Wildman–Crippen LogP) is 3.60. The van der Waals surface area contributed by atoms with E-state index in [4.69, 9.17) is 16.3 Å². The molecule has 7 heteroatoms. The first-order chi connectivity index (χ1) is 13.1. The third-order valence-electron chi connectivity index (χ3n) is 4.60. The fourth-order valence-corrected chi connectivity index (χ4v) is 3.25. The van der Waals surface area contributed by atoms with E-state index in [0.717, 1.165) is 25.7 Å². The number of hydrogen-bond donors (Lipinski definition) is 1. The quantitative estimate of drug-likeness (QED) is 0.734. The monoisotopic (exact) mass is 387 g/mol. The Kier molecular flexibility index (Phi) is 6.76. The first-order valence-corrected chi connectivity index (χ1v) is 9.50. The van der Waals surface area contributed by atoms with E-state index in [1.807, 2.05) is 0 Å². The first-order valence-electron chi connectivity index (χ1n) is 9.12. The van der Waals surface area contributed by atoms with Crippen molar-refractivity contribution >= 4 is 23.3 Å². The zero-order valence-electron chi connectivity index (χ0n) is 14.9. The molecule has 1 saturated carbocycles. The number of carbonyl (C=O) groups is 2. The lowest BCUT2D eigenvalue weighted by Crippen LogP contribution is -2.39. The van der Waals surface area contributed by atoms with Crippen LogP contribution in [0.2, 0.25) is 5.02 Å². The van der Waals surface area contributed by atoms with Crippen molar-refractivity contribution in [1.82, 2.24) is 15.3 Å². The highest BCUT2D eigenvalue weighted by molar-refractivity contribution is 6.30. The summed E-state index contributed by atoms with van der Waals surface area (Å²) in [5.41, 5.74) is 0.577. The van der Waals surface area contributed by atoms with Gasteiger partial charge in [0.2, 0.25) is 5.91 Å². The van der Waals surface area contributed by atoms with Crippen LogP contribution in [0.25, 0.3) is 0 Å². The number of ketones is 1. The van der Waals surface area contributed by atoms with Crippen molar-refractivity contribution in [3.05, 3.63) is 53.3 Å². The molecule has 0 unspecified atom stereocenters. The van der Waals surface area contributed by atoms with Crippen molar-refractivity contribution in [2.24, 2.45) is 0 Å². The Morgan fingerprint density at radius 3 is 2.37 bits per heavy atom. The van der Waals surface area contributed by atoms with Gasteiger partial charge < -0.3 is 10.1 Å². The molecule has 1 amide bonds. The van der Waals surface area contributed by atoms with E-state index in [-0.39, 0.29) is 36.7 Å². The minimum absolute atomic E-state index is 0.0539. The predicted molar refractivity (Wildman–Crippen MR) is 102 cm³/mol. The summed E-state index contributed by atoms with van der Waals surface area (Å²) in [6.07, 6.45) is 7.13. The zero-order valence-corrected chi connectivity index (χ0v) is 15.7. The highest BCUT2D eigenvalue weighted by Gasteiger charge is 2.24. The number of aromatic nitrogens is 2. The van der Waals surface area contributed by atoms with E-state index in [0.29, 0.717) is 16.6 Å². The zero-order chi connectivity index (χ0) is 19.1. The van der Waals surface area contributed by atoms with Crippen LogP contribution >= 0.6 is 11.6 Å². The number of rotatable bonds is 7. The highest BCUT2D eigenvalue weighted by atomic mass is 35.5. The van der Waals surface area contributed by atoms with Gasteiger partial charge in [0, 0.05) is 41.9 Å². The molecule has 1 aliphatic carbocycles. The standard InChI is InChI=1S/C20H22ClN3O3/c21-15-4-2-14(3-5-15)18(25)10-11-19(26)24-16-6-8-17(9-7-16)27-20-22-12-1-13-23-20/h1-5,12-13,16-17H,6-11H2,(H,24,26). The summed E-state index contributed by atoms with van der Waals surface area (Å²) in [5, 5.41) is 3.61. The van der Waals surface area contributed by atoms with Crippen LogP contribution in [0.3, 0.4) is 0 Å². The van der Waals surface area contributed by atoms with Gasteiger partial charge in [0.25, 0.3) is 0 Å².